The predicted octanol–water partition coefficient (Wildman–Crippen LogP) is 5.79. The average molecular weight is 586 g/mol. The topological polar surface area (TPSA) is 92.5 Å². The summed E-state index contributed by atoms with van der Waals surface area (Å²) in [6.45, 7) is 8.30. The van der Waals surface area contributed by atoms with Gasteiger partial charge in [0.25, 0.3) is 5.91 Å². The lowest BCUT2D eigenvalue weighted by molar-refractivity contribution is -0.141. The average Bonchev–Trinajstić information content (AvgIpc) is 3.73. The number of thioether (sulfide) groups is 1. The number of aldehydes is 1. The molecule has 1 saturated carbocycles. The number of likely N-dealkylation sites (tertiary alicyclic amines) is 1. The third-order valence-corrected chi connectivity index (χ3v) is 9.73. The fourth-order valence-electron chi connectivity index (χ4n) is 5.73. The number of nitrogens with zero attached hydrogens (tertiary/aromatic N) is 3. The quantitative estimate of drug-likeness (QED) is 0.234. The highest BCUT2D eigenvalue weighted by molar-refractivity contribution is 7.99. The molecule has 0 spiro atoms. The van der Waals surface area contributed by atoms with E-state index in [1.54, 1.807) is 19.1 Å². The van der Waals surface area contributed by atoms with Crippen LogP contribution in [0.25, 0.3) is 5.57 Å². The van der Waals surface area contributed by atoms with E-state index in [9.17, 15) is 19.5 Å². The lowest BCUT2D eigenvalue weighted by atomic mass is 9.83. The van der Waals surface area contributed by atoms with Crippen LogP contribution in [0.15, 0.2) is 41.0 Å². The second-order valence-electron chi connectivity index (χ2n) is 11.2. The van der Waals surface area contributed by atoms with Crippen molar-refractivity contribution in [3.8, 4) is 0 Å². The van der Waals surface area contributed by atoms with E-state index in [1.807, 2.05) is 17.8 Å². The van der Waals surface area contributed by atoms with Crippen LogP contribution in [0, 0.1) is 17.8 Å². The summed E-state index contributed by atoms with van der Waals surface area (Å²) < 4.78 is 1.44. The first kappa shape index (κ1) is 30.5. The molecule has 216 valence electrons. The smallest absolute Gasteiger partial charge is 0.306 e. The number of rotatable bonds is 8. The number of hydrogen-bond donors (Lipinski definition) is 1. The van der Waals surface area contributed by atoms with Crippen LogP contribution in [-0.4, -0.2) is 69.6 Å². The van der Waals surface area contributed by atoms with Gasteiger partial charge < -0.3 is 14.8 Å². The van der Waals surface area contributed by atoms with Gasteiger partial charge in [0.05, 0.1) is 22.9 Å². The van der Waals surface area contributed by atoms with Gasteiger partial charge in [0.2, 0.25) is 0 Å². The fourth-order valence-corrected chi connectivity index (χ4v) is 6.72. The zero-order chi connectivity index (χ0) is 29.0. The van der Waals surface area contributed by atoms with E-state index >= 15 is 0 Å². The fraction of sp³-hybridized carbons (Fsp3) is 0.548. The van der Waals surface area contributed by atoms with Gasteiger partial charge in [-0.25, -0.2) is 0 Å². The molecule has 40 heavy (non-hydrogen) atoms. The Hall–Kier alpha value is -2.42. The molecule has 5 rings (SSSR count). The molecule has 0 radical (unpaired) electrons. The Morgan fingerprint density at radius 3 is 2.38 bits per heavy atom. The van der Waals surface area contributed by atoms with Crippen molar-refractivity contribution in [1.29, 1.82) is 0 Å². The van der Waals surface area contributed by atoms with Crippen LogP contribution < -0.4 is 0 Å². The van der Waals surface area contributed by atoms with E-state index in [-0.39, 0.29) is 23.7 Å². The molecule has 4 aliphatic rings. The second-order valence-corrected chi connectivity index (χ2v) is 12.7. The molecule has 1 aromatic rings. The summed E-state index contributed by atoms with van der Waals surface area (Å²) in [6.07, 6.45) is 13.9. The van der Waals surface area contributed by atoms with Crippen LogP contribution >= 0.6 is 23.4 Å². The molecule has 7 nitrogen and oxygen atoms in total. The Morgan fingerprint density at radius 2 is 1.90 bits per heavy atom. The van der Waals surface area contributed by atoms with Crippen LogP contribution in [0.5, 0.6) is 0 Å². The Morgan fingerprint density at radius 1 is 1.18 bits per heavy atom. The van der Waals surface area contributed by atoms with Gasteiger partial charge in [-0.05, 0) is 88.7 Å². The minimum atomic E-state index is -0.783. The zero-order valence-corrected chi connectivity index (χ0v) is 25.3. The molecular weight excluding hydrogens is 546 g/mol. The number of carboxylic acids is 1. The first-order valence-corrected chi connectivity index (χ1v) is 15.8. The highest BCUT2D eigenvalue weighted by atomic mass is 35.5. The van der Waals surface area contributed by atoms with Crippen LogP contribution in [0.1, 0.15) is 67.2 Å². The number of allylic oxidation sites excluding steroid dienone is 7. The van der Waals surface area contributed by atoms with Gasteiger partial charge in [-0.1, -0.05) is 36.4 Å². The summed E-state index contributed by atoms with van der Waals surface area (Å²) in [5.41, 5.74) is 4.76. The van der Waals surface area contributed by atoms with E-state index < -0.39 is 5.97 Å². The lowest BCUT2D eigenvalue weighted by Gasteiger charge is -2.34. The molecule has 0 bridgehead atoms. The summed E-state index contributed by atoms with van der Waals surface area (Å²) >= 11 is 8.51. The first-order valence-electron chi connectivity index (χ1n) is 14.1. The summed E-state index contributed by atoms with van der Waals surface area (Å²) in [5, 5.41) is 15.4. The largest absolute Gasteiger partial charge is 0.481 e. The van der Waals surface area contributed by atoms with Crippen LogP contribution in [0.2, 0.25) is 0 Å². The number of carboxylic acid groups (broad SMARTS) is 1. The van der Waals surface area contributed by atoms with Crippen LogP contribution in [-0.2, 0) is 22.4 Å². The maximum Gasteiger partial charge on any atom is 0.306 e. The van der Waals surface area contributed by atoms with Crippen molar-refractivity contribution in [2.45, 2.75) is 63.5 Å². The first-order chi connectivity index (χ1) is 19.2. The molecule has 2 heterocycles. The van der Waals surface area contributed by atoms with Gasteiger partial charge >= 0.3 is 5.97 Å². The Kier molecular flexibility index (Phi) is 10.3. The third kappa shape index (κ3) is 6.72. The van der Waals surface area contributed by atoms with Crippen molar-refractivity contribution in [1.82, 2.24) is 14.7 Å². The third-order valence-electron chi connectivity index (χ3n) is 8.36. The normalized spacial score (nSPS) is 24.0. The molecule has 0 aromatic carbocycles. The molecule has 1 N–H and O–H groups in total. The molecule has 2 unspecified atom stereocenters. The van der Waals surface area contributed by atoms with Gasteiger partial charge in [0, 0.05) is 34.9 Å². The molecule has 0 amide bonds. The number of hydrogen-bond acceptors (Lipinski definition) is 6. The summed E-state index contributed by atoms with van der Waals surface area (Å²) in [4.78, 5) is 39.1. The maximum atomic E-state index is 13.9. The molecule has 2 atom stereocenters. The van der Waals surface area contributed by atoms with Crippen LogP contribution in [0.4, 0.5) is 0 Å². The van der Waals surface area contributed by atoms with Gasteiger partial charge in [-0.15, -0.1) is 0 Å². The van der Waals surface area contributed by atoms with Gasteiger partial charge in [-0.3, -0.25) is 9.59 Å². The highest BCUT2D eigenvalue weighted by Gasteiger charge is 2.35. The van der Waals surface area contributed by atoms with E-state index in [4.69, 9.17) is 16.7 Å². The Balaban J connectivity index is 0.000000461. The monoisotopic (exact) mass is 585 g/mol. The number of halogens is 1. The number of carbonyl (C=O) groups is 3. The number of aliphatic carboxylic acids is 1. The zero-order valence-electron chi connectivity index (χ0n) is 23.7. The van der Waals surface area contributed by atoms with Gasteiger partial charge in [0.1, 0.15) is 6.29 Å². The standard InChI is InChI=1S/C26H29ClN2O4.C5H11NS/c1-3-19(16-6-7-16)23(21(27)4-2)25(31)29-22-13-15(14-30)5-12-20(22)24(28-29)17-8-10-18(11-9-17)26(32)33;1-6-3-5(4-6)7-2/h3-4,8,14-16,18H,1,5-7,9-13H2,2H3,(H,32,33);5H,3-4H2,1-2H3/b21-4+,23-19-;. The highest BCUT2D eigenvalue weighted by Crippen LogP contribution is 2.42. The Bertz CT molecular complexity index is 1250. The lowest BCUT2D eigenvalue weighted by Crippen LogP contribution is -2.45. The number of fused-ring (bicyclic) bond motifs is 1. The summed E-state index contributed by atoms with van der Waals surface area (Å²) in [7, 11) is 2.16. The van der Waals surface area contributed by atoms with E-state index in [1.165, 1.54) is 17.8 Å². The van der Waals surface area contributed by atoms with Crippen molar-refractivity contribution in [2.75, 3.05) is 26.4 Å². The van der Waals surface area contributed by atoms with E-state index in [0.29, 0.717) is 49.1 Å². The number of carbonyl (C=O) groups excluding carboxylic acids is 2. The van der Waals surface area contributed by atoms with Crippen molar-refractivity contribution in [3.63, 3.8) is 0 Å². The summed E-state index contributed by atoms with van der Waals surface area (Å²) in [5.74, 6) is -1.34. The molecular formula is C31H40ClN3O4S. The minimum absolute atomic E-state index is 0.155. The molecule has 1 saturated heterocycles. The number of aromatic nitrogens is 2. The molecule has 3 aliphatic carbocycles. The van der Waals surface area contributed by atoms with Crippen molar-refractivity contribution in [3.05, 3.63) is 57.9 Å². The Labute approximate surface area is 246 Å². The van der Waals surface area contributed by atoms with Gasteiger partial charge in [0.15, 0.2) is 0 Å². The molecule has 1 aliphatic heterocycles. The summed E-state index contributed by atoms with van der Waals surface area (Å²) in [6, 6.07) is 0. The molecule has 1 aromatic heterocycles. The van der Waals surface area contributed by atoms with Crippen LogP contribution in [0.3, 0.4) is 0 Å². The maximum absolute atomic E-state index is 13.9. The minimum Gasteiger partial charge on any atom is -0.481 e. The SMILES string of the molecule is C=C/C(=C(C(=O)n1nc(C2=CCC(C(=O)O)CC2)c2c1CC(C=O)CC2)\C(Cl)=C/C)C1CC1.CSC1CN(C)C1. The van der Waals surface area contributed by atoms with E-state index in [2.05, 4.69) is 24.8 Å². The van der Waals surface area contributed by atoms with Crippen molar-refractivity contribution < 1.29 is 19.5 Å². The molecule has 9 heteroatoms. The van der Waals surface area contributed by atoms with E-state index in [0.717, 1.165) is 52.5 Å². The van der Waals surface area contributed by atoms with Crippen molar-refractivity contribution >= 4 is 47.1 Å². The van der Waals surface area contributed by atoms with Crippen molar-refractivity contribution in [2.24, 2.45) is 17.8 Å². The molecule has 2 fully saturated rings. The van der Waals surface area contributed by atoms with Gasteiger partial charge in [-0.2, -0.15) is 21.5 Å². The predicted molar refractivity (Wildman–Crippen MR) is 162 cm³/mol. The second kappa shape index (κ2) is 13.5.